The quantitative estimate of drug-likeness (QED) is 0.726. The first-order valence-corrected chi connectivity index (χ1v) is 9.56. The van der Waals surface area contributed by atoms with Crippen molar-refractivity contribution < 1.29 is 14.3 Å². The van der Waals surface area contributed by atoms with Gasteiger partial charge in [0.15, 0.2) is 6.61 Å². The van der Waals surface area contributed by atoms with Crippen LogP contribution in [0.1, 0.15) is 23.6 Å². The van der Waals surface area contributed by atoms with Gasteiger partial charge in [-0.15, -0.1) is 0 Å². The van der Waals surface area contributed by atoms with Crippen LogP contribution < -0.4 is 10.1 Å². The number of benzene rings is 2. The Bertz CT molecular complexity index is 806. The van der Waals surface area contributed by atoms with E-state index in [1.165, 1.54) is 4.90 Å². The number of carbonyl (C=O) groups is 2. The van der Waals surface area contributed by atoms with Gasteiger partial charge in [-0.3, -0.25) is 9.59 Å². The maximum Gasteiger partial charge on any atom is 0.261 e. The number of hydrogen-bond acceptors (Lipinski definition) is 3. The minimum atomic E-state index is -0.603. The van der Waals surface area contributed by atoms with Crippen LogP contribution in [0.5, 0.6) is 5.75 Å². The first-order chi connectivity index (χ1) is 12.8. The topological polar surface area (TPSA) is 58.6 Å². The highest BCUT2D eigenvalue weighted by Crippen LogP contribution is 2.19. The van der Waals surface area contributed by atoms with Gasteiger partial charge < -0.3 is 15.0 Å². The molecule has 2 aromatic rings. The predicted molar refractivity (Wildman–Crippen MR) is 110 cm³/mol. The van der Waals surface area contributed by atoms with E-state index in [1.54, 1.807) is 14.0 Å². The highest BCUT2D eigenvalue weighted by molar-refractivity contribution is 9.10. The zero-order valence-corrected chi connectivity index (χ0v) is 17.7. The molecule has 27 heavy (non-hydrogen) atoms. The Morgan fingerprint density at radius 2 is 1.81 bits per heavy atom. The largest absolute Gasteiger partial charge is 0.483 e. The number of rotatable bonds is 7. The monoisotopic (exact) mass is 432 g/mol. The van der Waals surface area contributed by atoms with E-state index >= 15 is 0 Å². The van der Waals surface area contributed by atoms with Gasteiger partial charge in [0, 0.05) is 18.1 Å². The number of hydrogen-bond donors (Lipinski definition) is 1. The first kappa shape index (κ1) is 21.0. The van der Waals surface area contributed by atoms with E-state index in [1.807, 2.05) is 56.3 Å². The summed E-state index contributed by atoms with van der Waals surface area (Å²) in [6, 6.07) is 12.9. The maximum absolute atomic E-state index is 12.8. The van der Waals surface area contributed by atoms with Crippen molar-refractivity contribution in [1.29, 1.82) is 0 Å². The zero-order valence-electron chi connectivity index (χ0n) is 16.1. The fourth-order valence-corrected chi connectivity index (χ4v) is 3.03. The summed E-state index contributed by atoms with van der Waals surface area (Å²) in [6.45, 7) is 5.87. The van der Waals surface area contributed by atoms with Crippen LogP contribution >= 0.6 is 15.9 Å². The molecule has 0 aromatic heterocycles. The number of ether oxygens (including phenoxy) is 1. The summed E-state index contributed by atoms with van der Waals surface area (Å²) in [5.74, 6) is 0.214. The van der Waals surface area contributed by atoms with E-state index in [9.17, 15) is 9.59 Å². The lowest BCUT2D eigenvalue weighted by molar-refractivity contribution is -0.142. The Morgan fingerprint density at radius 1 is 1.15 bits per heavy atom. The fraction of sp³-hybridized carbons (Fsp3) is 0.333. The fourth-order valence-electron chi connectivity index (χ4n) is 2.76. The van der Waals surface area contributed by atoms with Gasteiger partial charge in [-0.05, 0) is 50.1 Å². The van der Waals surface area contributed by atoms with E-state index < -0.39 is 6.04 Å². The molecule has 0 fully saturated rings. The van der Waals surface area contributed by atoms with Crippen LogP contribution in [0.15, 0.2) is 46.9 Å². The van der Waals surface area contributed by atoms with E-state index in [-0.39, 0.29) is 18.4 Å². The third kappa shape index (κ3) is 5.82. The van der Waals surface area contributed by atoms with Crippen LogP contribution in [0.4, 0.5) is 0 Å². The second kappa shape index (κ2) is 9.55. The standard InChI is InChI=1S/C21H25BrN2O3/c1-14-5-10-19(15(2)11-14)27-13-20(25)24(16(3)21(26)23-4)12-17-6-8-18(22)9-7-17/h5-11,16H,12-13H2,1-4H3,(H,23,26)/t16-/m1/s1. The van der Waals surface area contributed by atoms with Gasteiger partial charge >= 0.3 is 0 Å². The predicted octanol–water partition coefficient (Wildman–Crippen LogP) is 3.61. The van der Waals surface area contributed by atoms with Crippen molar-refractivity contribution in [3.8, 4) is 5.75 Å². The number of nitrogens with one attached hydrogen (secondary N) is 1. The van der Waals surface area contributed by atoms with Crippen LogP contribution in [0.2, 0.25) is 0 Å². The number of amides is 2. The van der Waals surface area contributed by atoms with Crippen molar-refractivity contribution in [3.63, 3.8) is 0 Å². The second-order valence-corrected chi connectivity index (χ2v) is 7.41. The number of carbonyl (C=O) groups excluding carboxylic acids is 2. The SMILES string of the molecule is CNC(=O)[C@@H](C)N(Cc1ccc(Br)cc1)C(=O)COc1ccc(C)cc1C. The van der Waals surface area contributed by atoms with Gasteiger partial charge in [0.2, 0.25) is 5.91 Å². The summed E-state index contributed by atoms with van der Waals surface area (Å²) in [5, 5.41) is 2.60. The third-order valence-corrected chi connectivity index (χ3v) is 4.89. The van der Waals surface area contributed by atoms with Crippen molar-refractivity contribution in [1.82, 2.24) is 10.2 Å². The van der Waals surface area contributed by atoms with Crippen molar-refractivity contribution >= 4 is 27.7 Å². The van der Waals surface area contributed by atoms with Crippen molar-refractivity contribution in [3.05, 3.63) is 63.6 Å². The lowest BCUT2D eigenvalue weighted by atomic mass is 10.1. The number of halogens is 1. The van der Waals surface area contributed by atoms with E-state index in [0.717, 1.165) is 21.2 Å². The summed E-state index contributed by atoms with van der Waals surface area (Å²) < 4.78 is 6.68. The van der Waals surface area contributed by atoms with Crippen molar-refractivity contribution in [2.24, 2.45) is 0 Å². The minimum Gasteiger partial charge on any atom is -0.483 e. The highest BCUT2D eigenvalue weighted by Gasteiger charge is 2.26. The lowest BCUT2D eigenvalue weighted by Gasteiger charge is -2.28. The summed E-state index contributed by atoms with van der Waals surface area (Å²) in [6.07, 6.45) is 0. The molecular weight excluding hydrogens is 408 g/mol. The zero-order chi connectivity index (χ0) is 20.0. The first-order valence-electron chi connectivity index (χ1n) is 8.77. The van der Waals surface area contributed by atoms with Crippen LogP contribution in [-0.2, 0) is 16.1 Å². The van der Waals surface area contributed by atoms with Crippen LogP contribution in [0.3, 0.4) is 0 Å². The molecule has 0 aliphatic carbocycles. The van der Waals surface area contributed by atoms with Crippen molar-refractivity contribution in [2.45, 2.75) is 33.4 Å². The van der Waals surface area contributed by atoms with Gasteiger partial charge in [-0.1, -0.05) is 45.8 Å². The highest BCUT2D eigenvalue weighted by atomic mass is 79.9. The van der Waals surface area contributed by atoms with Crippen LogP contribution in [0.25, 0.3) is 0 Å². The Hall–Kier alpha value is -2.34. The number of likely N-dealkylation sites (N-methyl/N-ethyl adjacent to an activating group) is 1. The van der Waals surface area contributed by atoms with Gasteiger partial charge in [0.25, 0.3) is 5.91 Å². The molecule has 144 valence electrons. The summed E-state index contributed by atoms with van der Waals surface area (Å²) >= 11 is 3.40. The van der Waals surface area contributed by atoms with E-state index in [4.69, 9.17) is 4.74 Å². The lowest BCUT2D eigenvalue weighted by Crippen LogP contribution is -2.48. The Balaban J connectivity index is 2.14. The molecule has 2 aromatic carbocycles. The van der Waals surface area contributed by atoms with E-state index in [2.05, 4.69) is 21.2 Å². The third-order valence-electron chi connectivity index (χ3n) is 4.36. The molecule has 0 bridgehead atoms. The smallest absolute Gasteiger partial charge is 0.261 e. The normalized spacial score (nSPS) is 11.6. The second-order valence-electron chi connectivity index (χ2n) is 6.50. The van der Waals surface area contributed by atoms with Gasteiger partial charge in [0.1, 0.15) is 11.8 Å². The molecule has 6 heteroatoms. The van der Waals surface area contributed by atoms with Crippen LogP contribution in [0, 0.1) is 13.8 Å². The number of nitrogens with zero attached hydrogens (tertiary/aromatic N) is 1. The molecule has 0 saturated carbocycles. The molecule has 0 heterocycles. The van der Waals surface area contributed by atoms with Gasteiger partial charge in [-0.25, -0.2) is 0 Å². The van der Waals surface area contributed by atoms with E-state index in [0.29, 0.717) is 12.3 Å². The molecule has 0 saturated heterocycles. The molecule has 5 nitrogen and oxygen atoms in total. The molecule has 2 amide bonds. The molecule has 1 atom stereocenters. The molecule has 0 unspecified atom stereocenters. The van der Waals surface area contributed by atoms with Gasteiger partial charge in [0.05, 0.1) is 0 Å². The average molecular weight is 433 g/mol. The molecular formula is C21H25BrN2O3. The maximum atomic E-state index is 12.8. The summed E-state index contributed by atoms with van der Waals surface area (Å²) in [4.78, 5) is 26.5. The molecule has 0 spiro atoms. The number of aryl methyl sites for hydroxylation is 2. The van der Waals surface area contributed by atoms with Crippen molar-refractivity contribution in [2.75, 3.05) is 13.7 Å². The average Bonchev–Trinajstić information content (AvgIpc) is 2.65. The van der Waals surface area contributed by atoms with Crippen LogP contribution in [-0.4, -0.2) is 36.4 Å². The summed E-state index contributed by atoms with van der Waals surface area (Å²) in [5.41, 5.74) is 3.05. The Morgan fingerprint density at radius 3 is 2.41 bits per heavy atom. The Kier molecular flexibility index (Phi) is 7.42. The molecule has 2 rings (SSSR count). The summed E-state index contributed by atoms with van der Waals surface area (Å²) in [7, 11) is 1.56. The van der Waals surface area contributed by atoms with Gasteiger partial charge in [-0.2, -0.15) is 0 Å². The Labute approximate surface area is 168 Å². The minimum absolute atomic E-state index is 0.123. The molecule has 0 aliphatic rings. The molecule has 1 N–H and O–H groups in total. The molecule has 0 aliphatic heterocycles. The molecule has 0 radical (unpaired) electrons.